The summed E-state index contributed by atoms with van der Waals surface area (Å²) < 4.78 is 5.70. The number of carbonyl (C=O) groups is 1. The first kappa shape index (κ1) is 14.1. The van der Waals surface area contributed by atoms with E-state index in [4.69, 9.17) is 4.74 Å². The van der Waals surface area contributed by atoms with Gasteiger partial charge in [-0.3, -0.25) is 4.79 Å². The molecule has 0 bridgehead atoms. The second-order valence-electron chi connectivity index (χ2n) is 4.53. The van der Waals surface area contributed by atoms with Gasteiger partial charge in [-0.1, -0.05) is 55.5 Å². The van der Waals surface area contributed by atoms with Crippen LogP contribution in [0.4, 0.5) is 0 Å². The molecule has 1 amide bonds. The van der Waals surface area contributed by atoms with Crippen LogP contribution in [0, 0.1) is 0 Å². The van der Waals surface area contributed by atoms with Crippen molar-refractivity contribution < 1.29 is 9.53 Å². The fourth-order valence-electron chi connectivity index (χ4n) is 1.88. The molecule has 2 aromatic carbocycles. The Bertz CT molecular complexity index is 525. The summed E-state index contributed by atoms with van der Waals surface area (Å²) in [5.41, 5.74) is 1.08. The van der Waals surface area contributed by atoms with Crippen LogP contribution in [0.1, 0.15) is 18.9 Å². The predicted octanol–water partition coefficient (Wildman–Crippen LogP) is 3.16. The van der Waals surface area contributed by atoms with E-state index in [0.717, 1.165) is 5.56 Å². The van der Waals surface area contributed by atoms with Gasteiger partial charge in [0, 0.05) is 6.54 Å². The Morgan fingerprint density at radius 3 is 2.25 bits per heavy atom. The molecule has 0 saturated carbocycles. The number of ether oxygens (including phenoxy) is 1. The number of carbonyl (C=O) groups excluding carboxylic acids is 1. The molecule has 0 aromatic heterocycles. The summed E-state index contributed by atoms with van der Waals surface area (Å²) in [7, 11) is 0. The lowest BCUT2D eigenvalue weighted by atomic mass is 10.2. The Balaban J connectivity index is 1.89. The molecule has 0 radical (unpaired) electrons. The van der Waals surface area contributed by atoms with Crippen LogP contribution in [-0.4, -0.2) is 12.0 Å². The highest BCUT2D eigenvalue weighted by Crippen LogP contribution is 2.12. The minimum atomic E-state index is -0.457. The van der Waals surface area contributed by atoms with E-state index in [9.17, 15) is 4.79 Å². The summed E-state index contributed by atoms with van der Waals surface area (Å²) in [6.07, 6.45) is 0.177. The van der Waals surface area contributed by atoms with Crippen molar-refractivity contribution in [3.05, 3.63) is 66.2 Å². The van der Waals surface area contributed by atoms with Gasteiger partial charge in [0.25, 0.3) is 5.91 Å². The molecule has 0 fully saturated rings. The van der Waals surface area contributed by atoms with E-state index >= 15 is 0 Å². The van der Waals surface area contributed by atoms with Crippen LogP contribution in [0.2, 0.25) is 0 Å². The van der Waals surface area contributed by atoms with Crippen LogP contribution in [0.25, 0.3) is 0 Å². The van der Waals surface area contributed by atoms with E-state index in [1.807, 2.05) is 67.6 Å². The average Bonchev–Trinajstić information content (AvgIpc) is 2.52. The largest absolute Gasteiger partial charge is 0.481 e. The summed E-state index contributed by atoms with van der Waals surface area (Å²) in [5, 5.41) is 2.91. The van der Waals surface area contributed by atoms with E-state index in [1.165, 1.54) is 0 Å². The highest BCUT2D eigenvalue weighted by atomic mass is 16.5. The number of para-hydroxylation sites is 1. The van der Waals surface area contributed by atoms with Crippen molar-refractivity contribution in [1.29, 1.82) is 0 Å². The molecule has 2 aromatic rings. The summed E-state index contributed by atoms with van der Waals surface area (Å²) in [6.45, 7) is 2.46. The number of hydrogen-bond donors (Lipinski definition) is 1. The maximum absolute atomic E-state index is 12.1. The molecule has 0 aliphatic carbocycles. The van der Waals surface area contributed by atoms with Crippen molar-refractivity contribution >= 4 is 5.91 Å². The van der Waals surface area contributed by atoms with E-state index < -0.39 is 6.10 Å². The Kier molecular flexibility index (Phi) is 5.18. The van der Waals surface area contributed by atoms with E-state index in [1.54, 1.807) is 0 Å². The summed E-state index contributed by atoms with van der Waals surface area (Å²) in [5.74, 6) is 0.634. The van der Waals surface area contributed by atoms with Gasteiger partial charge in [0.2, 0.25) is 0 Å². The lowest BCUT2D eigenvalue weighted by Gasteiger charge is -2.17. The molecule has 20 heavy (non-hydrogen) atoms. The molecule has 1 N–H and O–H groups in total. The first-order valence-corrected chi connectivity index (χ1v) is 6.83. The highest BCUT2D eigenvalue weighted by Gasteiger charge is 2.17. The first-order valence-electron chi connectivity index (χ1n) is 6.83. The van der Waals surface area contributed by atoms with Crippen molar-refractivity contribution in [1.82, 2.24) is 5.32 Å². The fraction of sp³-hybridized carbons (Fsp3) is 0.235. The lowest BCUT2D eigenvalue weighted by molar-refractivity contribution is -0.128. The van der Waals surface area contributed by atoms with Crippen LogP contribution in [0.15, 0.2) is 60.7 Å². The van der Waals surface area contributed by atoms with Crippen molar-refractivity contribution in [3.63, 3.8) is 0 Å². The highest BCUT2D eigenvalue weighted by molar-refractivity contribution is 5.81. The number of hydrogen-bond acceptors (Lipinski definition) is 2. The first-order chi connectivity index (χ1) is 9.79. The zero-order chi connectivity index (χ0) is 14.2. The van der Waals surface area contributed by atoms with Gasteiger partial charge in [0.05, 0.1) is 0 Å². The molecule has 0 unspecified atom stereocenters. The van der Waals surface area contributed by atoms with Crippen LogP contribution in [-0.2, 0) is 11.3 Å². The van der Waals surface area contributed by atoms with Gasteiger partial charge >= 0.3 is 0 Å². The van der Waals surface area contributed by atoms with E-state index in [2.05, 4.69) is 5.32 Å². The van der Waals surface area contributed by atoms with Crippen LogP contribution < -0.4 is 10.1 Å². The van der Waals surface area contributed by atoms with Gasteiger partial charge in [-0.05, 0) is 24.1 Å². The van der Waals surface area contributed by atoms with Gasteiger partial charge in [0.15, 0.2) is 6.10 Å². The molecule has 0 aliphatic heterocycles. The minimum Gasteiger partial charge on any atom is -0.481 e. The second-order valence-corrected chi connectivity index (χ2v) is 4.53. The lowest BCUT2D eigenvalue weighted by Crippen LogP contribution is -2.37. The molecule has 0 saturated heterocycles. The van der Waals surface area contributed by atoms with Gasteiger partial charge in [0.1, 0.15) is 5.75 Å². The molecule has 0 aliphatic rings. The Morgan fingerprint density at radius 2 is 1.65 bits per heavy atom. The van der Waals surface area contributed by atoms with Crippen molar-refractivity contribution in [3.8, 4) is 5.75 Å². The van der Waals surface area contributed by atoms with Crippen molar-refractivity contribution in [2.75, 3.05) is 0 Å². The standard InChI is InChI=1S/C17H19NO2/c1-2-16(20-15-11-7-4-8-12-15)17(19)18-13-14-9-5-3-6-10-14/h3-12,16H,2,13H2,1H3,(H,18,19)/t16-/m1/s1. The average molecular weight is 269 g/mol. The van der Waals surface area contributed by atoms with E-state index in [-0.39, 0.29) is 5.91 Å². The van der Waals surface area contributed by atoms with Crippen LogP contribution >= 0.6 is 0 Å². The summed E-state index contributed by atoms with van der Waals surface area (Å²) >= 11 is 0. The van der Waals surface area contributed by atoms with Gasteiger partial charge < -0.3 is 10.1 Å². The maximum Gasteiger partial charge on any atom is 0.261 e. The number of amides is 1. The number of benzene rings is 2. The third-order valence-electron chi connectivity index (χ3n) is 2.99. The number of rotatable bonds is 6. The van der Waals surface area contributed by atoms with Gasteiger partial charge in [-0.15, -0.1) is 0 Å². The second kappa shape index (κ2) is 7.34. The van der Waals surface area contributed by atoms with Crippen molar-refractivity contribution in [2.45, 2.75) is 26.0 Å². The normalized spacial score (nSPS) is 11.7. The zero-order valence-corrected chi connectivity index (χ0v) is 11.6. The Labute approximate surface area is 119 Å². The monoisotopic (exact) mass is 269 g/mol. The SMILES string of the molecule is CC[C@@H](Oc1ccccc1)C(=O)NCc1ccccc1. The Hall–Kier alpha value is -2.29. The van der Waals surface area contributed by atoms with Gasteiger partial charge in [-0.25, -0.2) is 0 Å². The molecular formula is C17H19NO2. The smallest absolute Gasteiger partial charge is 0.261 e. The van der Waals surface area contributed by atoms with Crippen LogP contribution in [0.5, 0.6) is 5.75 Å². The molecule has 1 atom stereocenters. The summed E-state index contributed by atoms with van der Waals surface area (Å²) in [6, 6.07) is 19.3. The fourth-order valence-corrected chi connectivity index (χ4v) is 1.88. The molecule has 104 valence electrons. The molecule has 3 heteroatoms. The minimum absolute atomic E-state index is 0.0831. The van der Waals surface area contributed by atoms with E-state index in [0.29, 0.717) is 18.7 Å². The zero-order valence-electron chi connectivity index (χ0n) is 11.6. The molecule has 0 spiro atoms. The van der Waals surface area contributed by atoms with Crippen LogP contribution in [0.3, 0.4) is 0 Å². The van der Waals surface area contributed by atoms with Crippen molar-refractivity contribution in [2.24, 2.45) is 0 Å². The molecule has 3 nitrogen and oxygen atoms in total. The third kappa shape index (κ3) is 4.12. The van der Waals surface area contributed by atoms with Gasteiger partial charge in [-0.2, -0.15) is 0 Å². The quantitative estimate of drug-likeness (QED) is 0.874. The molecule has 0 heterocycles. The molecule has 2 rings (SSSR count). The topological polar surface area (TPSA) is 38.3 Å². The Morgan fingerprint density at radius 1 is 1.05 bits per heavy atom. The third-order valence-corrected chi connectivity index (χ3v) is 2.99. The number of nitrogens with one attached hydrogen (secondary N) is 1. The predicted molar refractivity (Wildman–Crippen MR) is 79.4 cm³/mol. The maximum atomic E-state index is 12.1. The summed E-state index contributed by atoms with van der Waals surface area (Å²) in [4.78, 5) is 12.1. The molecular weight excluding hydrogens is 250 g/mol.